The van der Waals surface area contributed by atoms with Crippen molar-refractivity contribution < 1.29 is 14.1 Å². The van der Waals surface area contributed by atoms with Crippen LogP contribution in [0.25, 0.3) is 11.4 Å². The normalized spacial score (nSPS) is 16.0. The number of rotatable bonds is 6. The minimum Gasteiger partial charge on any atom is -0.337 e. The number of aryl methyl sites for hydroxylation is 1. The molecule has 0 spiro atoms. The fourth-order valence-electron chi connectivity index (χ4n) is 4.30. The van der Waals surface area contributed by atoms with Crippen molar-refractivity contribution in [2.24, 2.45) is 0 Å². The highest BCUT2D eigenvalue weighted by molar-refractivity contribution is 6.30. The van der Waals surface area contributed by atoms with Crippen LogP contribution in [-0.2, 0) is 4.79 Å². The lowest BCUT2D eigenvalue weighted by molar-refractivity contribution is -0.136. The zero-order valence-corrected chi connectivity index (χ0v) is 20.5. The molecule has 2 amide bonds. The maximum atomic E-state index is 13.5. The molecule has 34 heavy (non-hydrogen) atoms. The number of benzene rings is 2. The topological polar surface area (TPSA) is 79.5 Å². The summed E-state index contributed by atoms with van der Waals surface area (Å²) in [6, 6.07) is 14.3. The Balaban J connectivity index is 1.54. The highest BCUT2D eigenvalue weighted by Gasteiger charge is 2.34. The molecule has 178 valence electrons. The third-order valence-electron chi connectivity index (χ3n) is 6.20. The molecule has 1 fully saturated rings. The molecule has 0 N–H and O–H groups in total. The summed E-state index contributed by atoms with van der Waals surface area (Å²) in [4.78, 5) is 34.7. The molecule has 1 aliphatic heterocycles. The van der Waals surface area contributed by atoms with Crippen molar-refractivity contribution in [3.8, 4) is 11.4 Å². The van der Waals surface area contributed by atoms with Gasteiger partial charge in [0.1, 0.15) is 12.6 Å². The lowest BCUT2D eigenvalue weighted by atomic mass is 10.0. The molecule has 2 heterocycles. The van der Waals surface area contributed by atoms with E-state index in [0.717, 1.165) is 30.4 Å². The van der Waals surface area contributed by atoms with Crippen LogP contribution in [0.2, 0.25) is 5.02 Å². The molecule has 4 rings (SSSR count). The fraction of sp³-hybridized carbons (Fsp3) is 0.385. The fourth-order valence-corrected chi connectivity index (χ4v) is 4.49. The van der Waals surface area contributed by atoms with Crippen LogP contribution in [-0.4, -0.2) is 50.9 Å². The van der Waals surface area contributed by atoms with Crippen molar-refractivity contribution in [2.45, 2.75) is 52.1 Å². The Bertz CT molecular complexity index is 1180. The summed E-state index contributed by atoms with van der Waals surface area (Å²) >= 11 is 6.10. The van der Waals surface area contributed by atoms with Crippen LogP contribution >= 0.6 is 11.6 Å². The molecule has 1 atom stereocenters. The Morgan fingerprint density at radius 1 is 1.18 bits per heavy atom. The summed E-state index contributed by atoms with van der Waals surface area (Å²) in [5, 5.41) is 4.70. The van der Waals surface area contributed by atoms with Crippen molar-refractivity contribution in [3.63, 3.8) is 0 Å². The summed E-state index contributed by atoms with van der Waals surface area (Å²) in [5.41, 5.74) is 2.26. The first-order valence-electron chi connectivity index (χ1n) is 11.6. The first kappa shape index (κ1) is 24.0. The predicted octanol–water partition coefficient (Wildman–Crippen LogP) is 5.30. The van der Waals surface area contributed by atoms with E-state index < -0.39 is 0 Å². The Hall–Kier alpha value is -3.19. The van der Waals surface area contributed by atoms with Gasteiger partial charge in [-0.2, -0.15) is 4.98 Å². The largest absolute Gasteiger partial charge is 0.337 e. The third-order valence-corrected chi connectivity index (χ3v) is 6.43. The predicted molar refractivity (Wildman–Crippen MR) is 130 cm³/mol. The van der Waals surface area contributed by atoms with Gasteiger partial charge in [0, 0.05) is 28.7 Å². The van der Waals surface area contributed by atoms with Gasteiger partial charge in [-0.05, 0) is 63.8 Å². The molecular weight excluding hydrogens is 452 g/mol. The number of piperidine rings is 1. The number of carbonyl (C=O) groups excluding carboxylic acids is 2. The van der Waals surface area contributed by atoms with Crippen molar-refractivity contribution in [2.75, 3.05) is 13.1 Å². The van der Waals surface area contributed by atoms with Crippen molar-refractivity contribution in [1.29, 1.82) is 0 Å². The van der Waals surface area contributed by atoms with Gasteiger partial charge in [0.15, 0.2) is 0 Å². The summed E-state index contributed by atoms with van der Waals surface area (Å²) in [5.74, 6) is 0.581. The van der Waals surface area contributed by atoms with Crippen LogP contribution in [0.15, 0.2) is 53.1 Å². The molecule has 2 aromatic carbocycles. The smallest absolute Gasteiger partial charge is 0.254 e. The van der Waals surface area contributed by atoms with Crippen LogP contribution in [0.5, 0.6) is 0 Å². The van der Waals surface area contributed by atoms with E-state index in [4.69, 9.17) is 16.1 Å². The van der Waals surface area contributed by atoms with Gasteiger partial charge >= 0.3 is 0 Å². The summed E-state index contributed by atoms with van der Waals surface area (Å²) < 4.78 is 5.59. The number of hydrogen-bond donors (Lipinski definition) is 0. The second kappa shape index (κ2) is 10.4. The Morgan fingerprint density at radius 2 is 1.97 bits per heavy atom. The van der Waals surface area contributed by atoms with Gasteiger partial charge in [-0.3, -0.25) is 9.59 Å². The zero-order chi connectivity index (χ0) is 24.2. The molecule has 1 aliphatic rings. The van der Waals surface area contributed by atoms with Crippen molar-refractivity contribution in [1.82, 2.24) is 19.9 Å². The van der Waals surface area contributed by atoms with Gasteiger partial charge in [-0.25, -0.2) is 0 Å². The quantitative estimate of drug-likeness (QED) is 0.478. The van der Waals surface area contributed by atoms with Gasteiger partial charge in [-0.1, -0.05) is 47.1 Å². The molecule has 1 unspecified atom stereocenters. The Kier molecular flexibility index (Phi) is 7.32. The molecule has 7 nitrogen and oxygen atoms in total. The zero-order valence-electron chi connectivity index (χ0n) is 19.7. The Labute approximate surface area is 204 Å². The number of carbonyl (C=O) groups is 2. The van der Waals surface area contributed by atoms with Gasteiger partial charge in [0.25, 0.3) is 5.91 Å². The average Bonchev–Trinajstić information content (AvgIpc) is 3.32. The van der Waals surface area contributed by atoms with E-state index >= 15 is 0 Å². The lowest BCUT2D eigenvalue weighted by Crippen LogP contribution is -2.48. The van der Waals surface area contributed by atoms with E-state index in [1.165, 1.54) is 0 Å². The summed E-state index contributed by atoms with van der Waals surface area (Å²) in [6.45, 7) is 6.33. The molecule has 0 bridgehead atoms. The maximum Gasteiger partial charge on any atom is 0.254 e. The summed E-state index contributed by atoms with van der Waals surface area (Å²) in [6.07, 6.45) is 2.58. The monoisotopic (exact) mass is 480 g/mol. The number of aromatic nitrogens is 2. The average molecular weight is 481 g/mol. The summed E-state index contributed by atoms with van der Waals surface area (Å²) in [7, 11) is 0. The highest BCUT2D eigenvalue weighted by atomic mass is 35.5. The van der Waals surface area contributed by atoms with E-state index in [-0.39, 0.29) is 30.4 Å². The minimum absolute atomic E-state index is 0.00335. The molecule has 1 aromatic heterocycles. The van der Waals surface area contributed by atoms with Gasteiger partial charge in [-0.15, -0.1) is 0 Å². The maximum absolute atomic E-state index is 13.5. The van der Waals surface area contributed by atoms with E-state index in [1.54, 1.807) is 28.0 Å². The molecule has 0 saturated carbocycles. The van der Waals surface area contributed by atoms with E-state index in [9.17, 15) is 9.59 Å². The Morgan fingerprint density at radius 3 is 2.71 bits per heavy atom. The molecular formula is C26H29ClN4O3. The second-order valence-electron chi connectivity index (χ2n) is 8.91. The lowest BCUT2D eigenvalue weighted by Gasteiger charge is -2.36. The van der Waals surface area contributed by atoms with Crippen LogP contribution in [0.3, 0.4) is 0 Å². The number of amides is 2. The van der Waals surface area contributed by atoms with E-state index in [2.05, 4.69) is 10.1 Å². The molecule has 0 radical (unpaired) electrons. The van der Waals surface area contributed by atoms with Gasteiger partial charge in [0.05, 0.1) is 0 Å². The van der Waals surface area contributed by atoms with E-state index in [0.29, 0.717) is 28.8 Å². The first-order chi connectivity index (χ1) is 16.3. The SMILES string of the molecule is Cc1ccccc1C(=O)N(CC(=O)N1CCCCC1c1nc(-c2cccc(Cl)c2)no1)C(C)C. The molecule has 8 heteroatoms. The minimum atomic E-state index is -0.316. The van der Waals surface area contributed by atoms with Gasteiger partial charge in [0.2, 0.25) is 17.6 Å². The van der Waals surface area contributed by atoms with Gasteiger partial charge < -0.3 is 14.3 Å². The molecule has 0 aliphatic carbocycles. The number of likely N-dealkylation sites (tertiary alicyclic amines) is 1. The highest BCUT2D eigenvalue weighted by Crippen LogP contribution is 2.32. The second-order valence-corrected chi connectivity index (χ2v) is 9.34. The first-order valence-corrected chi connectivity index (χ1v) is 12.0. The molecule has 3 aromatic rings. The van der Waals surface area contributed by atoms with Crippen LogP contribution < -0.4 is 0 Å². The number of hydrogen-bond acceptors (Lipinski definition) is 5. The molecule has 1 saturated heterocycles. The van der Waals surface area contributed by atoms with Crippen molar-refractivity contribution >= 4 is 23.4 Å². The van der Waals surface area contributed by atoms with Crippen LogP contribution in [0.4, 0.5) is 0 Å². The number of halogens is 1. The van der Waals surface area contributed by atoms with E-state index in [1.807, 2.05) is 51.1 Å². The standard InChI is InChI=1S/C26H29ClN4O3/c1-17(2)31(26(33)21-12-5-4-9-18(21)3)16-23(32)30-14-7-6-13-22(30)25-28-24(29-34-25)19-10-8-11-20(27)15-19/h4-5,8-12,15,17,22H,6-7,13-14,16H2,1-3H3. The van der Waals surface area contributed by atoms with Crippen molar-refractivity contribution in [3.05, 3.63) is 70.6 Å². The third kappa shape index (κ3) is 5.14. The van der Waals surface area contributed by atoms with Crippen LogP contribution in [0, 0.1) is 6.92 Å². The van der Waals surface area contributed by atoms with Crippen LogP contribution in [0.1, 0.15) is 61.0 Å². The number of nitrogens with zero attached hydrogens (tertiary/aromatic N) is 4.